The molecule has 2 atom stereocenters. The number of nitrogens with two attached hydrogens (primary N) is 1. The smallest absolute Gasteiger partial charge is 0.257 e. The van der Waals surface area contributed by atoms with Crippen LogP contribution in [0.15, 0.2) is 18.5 Å². The Morgan fingerprint density at radius 2 is 2.35 bits per heavy atom. The Hall–Kier alpha value is -2.22. The summed E-state index contributed by atoms with van der Waals surface area (Å²) in [6, 6.07) is 1.91. The normalized spacial score (nSPS) is 19.9. The third-order valence-electron chi connectivity index (χ3n) is 3.23. The predicted octanol–water partition coefficient (Wildman–Crippen LogP) is 0.619. The van der Waals surface area contributed by atoms with Crippen LogP contribution in [0, 0.1) is 0 Å². The Labute approximate surface area is 116 Å². The Morgan fingerprint density at radius 1 is 1.45 bits per heavy atom. The number of anilines is 2. The summed E-state index contributed by atoms with van der Waals surface area (Å²) in [5, 5.41) is 7.30. The van der Waals surface area contributed by atoms with Gasteiger partial charge < -0.3 is 15.8 Å². The topological polar surface area (TPSA) is 104 Å². The number of aromatic nitrogens is 5. The molecule has 8 heteroatoms. The van der Waals surface area contributed by atoms with Crippen LogP contribution in [-0.2, 0) is 4.74 Å². The molecule has 3 heterocycles. The fourth-order valence-corrected chi connectivity index (χ4v) is 2.23. The average Bonchev–Trinajstić information content (AvgIpc) is 3.12. The molecular weight excluding hydrogens is 258 g/mol. The van der Waals surface area contributed by atoms with Crippen LogP contribution in [-0.4, -0.2) is 43.5 Å². The van der Waals surface area contributed by atoms with Gasteiger partial charge in [0.1, 0.15) is 0 Å². The van der Waals surface area contributed by atoms with E-state index in [1.54, 1.807) is 23.1 Å². The van der Waals surface area contributed by atoms with Gasteiger partial charge in [0.15, 0.2) is 0 Å². The van der Waals surface area contributed by atoms with Crippen molar-refractivity contribution in [3.63, 3.8) is 0 Å². The molecule has 1 saturated heterocycles. The van der Waals surface area contributed by atoms with Crippen LogP contribution in [0.2, 0.25) is 0 Å². The molecule has 106 valence electrons. The van der Waals surface area contributed by atoms with Crippen LogP contribution >= 0.6 is 0 Å². The maximum Gasteiger partial charge on any atom is 0.257 e. The Balaban J connectivity index is 1.79. The molecule has 1 fully saturated rings. The molecule has 3 N–H and O–H groups in total. The highest BCUT2D eigenvalue weighted by Crippen LogP contribution is 2.18. The molecule has 0 amide bonds. The number of hydrogen-bond donors (Lipinski definition) is 2. The van der Waals surface area contributed by atoms with Crippen molar-refractivity contribution < 1.29 is 4.74 Å². The first-order valence-corrected chi connectivity index (χ1v) is 6.62. The third kappa shape index (κ3) is 2.69. The first kappa shape index (κ1) is 12.8. The van der Waals surface area contributed by atoms with E-state index in [4.69, 9.17) is 10.5 Å². The van der Waals surface area contributed by atoms with E-state index in [0.29, 0.717) is 11.9 Å². The van der Waals surface area contributed by atoms with Gasteiger partial charge in [-0.15, -0.1) is 0 Å². The van der Waals surface area contributed by atoms with Crippen LogP contribution < -0.4 is 11.1 Å². The summed E-state index contributed by atoms with van der Waals surface area (Å²) >= 11 is 0. The first-order chi connectivity index (χ1) is 9.72. The molecule has 1 aliphatic rings. The standard InChI is InChI=1S/C12H17N7O/c1-8(9-4-2-7-20-9)15-11-16-10(13)17-12(18-11)19-6-3-5-14-19/h3,5-6,8-9H,2,4,7H2,1H3,(H3,13,15,16,17,18). The lowest BCUT2D eigenvalue weighted by molar-refractivity contribution is 0.0994. The molecule has 2 unspecified atom stereocenters. The van der Waals surface area contributed by atoms with E-state index in [2.05, 4.69) is 25.4 Å². The average molecular weight is 275 g/mol. The lowest BCUT2D eigenvalue weighted by atomic mass is 10.1. The molecule has 0 radical (unpaired) electrons. The van der Waals surface area contributed by atoms with Gasteiger partial charge in [0, 0.05) is 19.0 Å². The maximum atomic E-state index is 5.72. The lowest BCUT2D eigenvalue weighted by Crippen LogP contribution is -2.31. The summed E-state index contributed by atoms with van der Waals surface area (Å²) in [5.74, 6) is 0.989. The fraction of sp³-hybridized carbons (Fsp3) is 0.500. The molecule has 0 aliphatic carbocycles. The van der Waals surface area contributed by atoms with Crippen molar-refractivity contribution in [1.82, 2.24) is 24.7 Å². The van der Waals surface area contributed by atoms with Gasteiger partial charge in [-0.05, 0) is 25.8 Å². The van der Waals surface area contributed by atoms with Crippen molar-refractivity contribution in [3.05, 3.63) is 18.5 Å². The highest BCUT2D eigenvalue weighted by Gasteiger charge is 2.23. The third-order valence-corrected chi connectivity index (χ3v) is 3.23. The van der Waals surface area contributed by atoms with Gasteiger partial charge in [-0.3, -0.25) is 0 Å². The number of rotatable bonds is 4. The minimum absolute atomic E-state index is 0.116. The molecule has 0 bridgehead atoms. The molecule has 2 aromatic heterocycles. The zero-order valence-electron chi connectivity index (χ0n) is 11.2. The van der Waals surface area contributed by atoms with E-state index in [-0.39, 0.29) is 18.1 Å². The van der Waals surface area contributed by atoms with Gasteiger partial charge in [-0.2, -0.15) is 20.1 Å². The maximum absolute atomic E-state index is 5.72. The van der Waals surface area contributed by atoms with E-state index >= 15 is 0 Å². The SMILES string of the molecule is CC(Nc1nc(N)nc(-n2cccn2)n1)C1CCCO1. The summed E-state index contributed by atoms with van der Waals surface area (Å²) < 4.78 is 7.18. The van der Waals surface area contributed by atoms with Crippen LogP contribution in [0.25, 0.3) is 5.95 Å². The van der Waals surface area contributed by atoms with Gasteiger partial charge in [0.2, 0.25) is 11.9 Å². The van der Waals surface area contributed by atoms with Crippen LogP contribution in [0.1, 0.15) is 19.8 Å². The number of nitrogens with one attached hydrogen (secondary N) is 1. The predicted molar refractivity (Wildman–Crippen MR) is 73.4 cm³/mol. The zero-order chi connectivity index (χ0) is 13.9. The highest BCUT2D eigenvalue weighted by molar-refractivity contribution is 5.35. The highest BCUT2D eigenvalue weighted by atomic mass is 16.5. The van der Waals surface area contributed by atoms with Crippen molar-refractivity contribution in [2.45, 2.75) is 31.9 Å². The molecule has 0 saturated carbocycles. The van der Waals surface area contributed by atoms with Crippen molar-refractivity contribution in [2.75, 3.05) is 17.7 Å². The molecule has 1 aliphatic heterocycles. The van der Waals surface area contributed by atoms with Crippen molar-refractivity contribution in [1.29, 1.82) is 0 Å². The molecule has 8 nitrogen and oxygen atoms in total. The second kappa shape index (κ2) is 5.41. The minimum Gasteiger partial charge on any atom is -0.376 e. The van der Waals surface area contributed by atoms with Crippen LogP contribution in [0.5, 0.6) is 0 Å². The van der Waals surface area contributed by atoms with Crippen LogP contribution in [0.4, 0.5) is 11.9 Å². The van der Waals surface area contributed by atoms with Gasteiger partial charge in [-0.1, -0.05) is 0 Å². The van der Waals surface area contributed by atoms with E-state index in [0.717, 1.165) is 19.4 Å². The molecule has 3 rings (SSSR count). The zero-order valence-corrected chi connectivity index (χ0v) is 11.2. The van der Waals surface area contributed by atoms with Crippen molar-refractivity contribution in [3.8, 4) is 5.95 Å². The fourth-order valence-electron chi connectivity index (χ4n) is 2.23. The number of nitrogens with zero attached hydrogens (tertiary/aromatic N) is 5. The van der Waals surface area contributed by atoms with Crippen molar-refractivity contribution in [2.24, 2.45) is 0 Å². The number of ether oxygens (including phenoxy) is 1. The summed E-state index contributed by atoms with van der Waals surface area (Å²) in [6.45, 7) is 2.86. The molecule has 0 aromatic carbocycles. The van der Waals surface area contributed by atoms with E-state index in [1.165, 1.54) is 0 Å². The monoisotopic (exact) mass is 275 g/mol. The van der Waals surface area contributed by atoms with Gasteiger partial charge >= 0.3 is 0 Å². The minimum atomic E-state index is 0.116. The van der Waals surface area contributed by atoms with E-state index < -0.39 is 0 Å². The quantitative estimate of drug-likeness (QED) is 0.842. The Morgan fingerprint density at radius 3 is 3.05 bits per heavy atom. The number of nitrogen functional groups attached to an aromatic ring is 1. The Kier molecular flexibility index (Phi) is 3.46. The molecule has 0 spiro atoms. The molecular formula is C12H17N7O. The second-order valence-electron chi connectivity index (χ2n) is 4.75. The molecule has 20 heavy (non-hydrogen) atoms. The summed E-state index contributed by atoms with van der Waals surface area (Å²) in [4.78, 5) is 12.5. The first-order valence-electron chi connectivity index (χ1n) is 6.62. The van der Waals surface area contributed by atoms with E-state index in [1.807, 2.05) is 6.92 Å². The molecule has 2 aromatic rings. The lowest BCUT2D eigenvalue weighted by Gasteiger charge is -2.20. The van der Waals surface area contributed by atoms with E-state index in [9.17, 15) is 0 Å². The van der Waals surface area contributed by atoms with Crippen LogP contribution in [0.3, 0.4) is 0 Å². The summed E-state index contributed by atoms with van der Waals surface area (Å²) in [7, 11) is 0. The summed E-state index contributed by atoms with van der Waals surface area (Å²) in [6.07, 6.45) is 5.72. The number of hydrogen-bond acceptors (Lipinski definition) is 7. The summed E-state index contributed by atoms with van der Waals surface area (Å²) in [5.41, 5.74) is 5.72. The van der Waals surface area contributed by atoms with Gasteiger partial charge in [-0.25, -0.2) is 4.68 Å². The van der Waals surface area contributed by atoms with Crippen molar-refractivity contribution >= 4 is 11.9 Å². The second-order valence-corrected chi connectivity index (χ2v) is 4.75. The Bertz CT molecular complexity index is 565. The van der Waals surface area contributed by atoms with Gasteiger partial charge in [0.25, 0.3) is 5.95 Å². The van der Waals surface area contributed by atoms with Gasteiger partial charge in [0.05, 0.1) is 12.1 Å². The largest absolute Gasteiger partial charge is 0.376 e.